The summed E-state index contributed by atoms with van der Waals surface area (Å²) in [5, 5.41) is -0.0464. The first-order chi connectivity index (χ1) is 10.1. The predicted octanol–water partition coefficient (Wildman–Crippen LogP) is 4.21. The molecule has 1 aliphatic heterocycles. The fourth-order valence-corrected chi connectivity index (χ4v) is 3.35. The lowest BCUT2D eigenvalue weighted by molar-refractivity contribution is -0.113. The number of H-pyrrole nitrogens is 1. The van der Waals surface area contributed by atoms with E-state index in [1.54, 1.807) is 12.3 Å². The summed E-state index contributed by atoms with van der Waals surface area (Å²) < 4.78 is 13.6. The fourth-order valence-electron chi connectivity index (χ4n) is 1.89. The number of hydrogen-bond donors (Lipinski definition) is 1. The van der Waals surface area contributed by atoms with Crippen molar-refractivity contribution in [2.75, 3.05) is 4.90 Å². The molecular formula is C14H8ClFN2OS2. The number of halogens is 2. The molecule has 1 aliphatic rings. The molecule has 3 rings (SSSR count). The van der Waals surface area contributed by atoms with Gasteiger partial charge in [-0.15, -0.1) is 0 Å². The van der Waals surface area contributed by atoms with Gasteiger partial charge in [0.2, 0.25) is 0 Å². The molecule has 1 aromatic heterocycles. The Morgan fingerprint density at radius 2 is 2.19 bits per heavy atom. The SMILES string of the molecule is O=C1/C(=C/c2ccc[nH]2)SC(=S)N1c1ccc(F)c(Cl)c1. The molecule has 2 heterocycles. The molecule has 1 fully saturated rings. The number of aromatic nitrogens is 1. The summed E-state index contributed by atoms with van der Waals surface area (Å²) in [6.07, 6.45) is 3.50. The molecule has 1 aromatic carbocycles. The molecule has 1 N–H and O–H groups in total. The lowest BCUT2D eigenvalue weighted by Gasteiger charge is -2.14. The molecule has 0 bridgehead atoms. The van der Waals surface area contributed by atoms with Crippen LogP contribution in [0.15, 0.2) is 41.4 Å². The topological polar surface area (TPSA) is 36.1 Å². The van der Waals surface area contributed by atoms with E-state index in [4.69, 9.17) is 23.8 Å². The summed E-state index contributed by atoms with van der Waals surface area (Å²) in [6.45, 7) is 0. The zero-order chi connectivity index (χ0) is 15.0. The third-order valence-corrected chi connectivity index (χ3v) is 4.46. The van der Waals surface area contributed by atoms with Crippen LogP contribution in [-0.4, -0.2) is 15.2 Å². The van der Waals surface area contributed by atoms with Crippen LogP contribution in [0.1, 0.15) is 5.69 Å². The molecule has 0 aliphatic carbocycles. The number of rotatable bonds is 2. The lowest BCUT2D eigenvalue weighted by Crippen LogP contribution is -2.27. The smallest absolute Gasteiger partial charge is 0.270 e. The average Bonchev–Trinajstić information content (AvgIpc) is 3.03. The van der Waals surface area contributed by atoms with Gasteiger partial charge in [-0.2, -0.15) is 0 Å². The summed E-state index contributed by atoms with van der Waals surface area (Å²) in [5.41, 5.74) is 1.27. The van der Waals surface area contributed by atoms with Gasteiger partial charge in [0, 0.05) is 11.9 Å². The van der Waals surface area contributed by atoms with Crippen LogP contribution in [0.4, 0.5) is 10.1 Å². The number of nitrogens with one attached hydrogen (secondary N) is 1. The molecule has 0 unspecified atom stereocenters. The normalized spacial score (nSPS) is 17.0. The summed E-state index contributed by atoms with van der Waals surface area (Å²) >= 11 is 12.2. The van der Waals surface area contributed by atoms with E-state index in [9.17, 15) is 9.18 Å². The van der Waals surface area contributed by atoms with Crippen molar-refractivity contribution in [3.05, 3.63) is 58.0 Å². The summed E-state index contributed by atoms with van der Waals surface area (Å²) in [7, 11) is 0. The van der Waals surface area contributed by atoms with Gasteiger partial charge in [-0.25, -0.2) is 4.39 Å². The molecule has 1 amide bonds. The molecule has 21 heavy (non-hydrogen) atoms. The van der Waals surface area contributed by atoms with Gasteiger partial charge in [0.15, 0.2) is 4.32 Å². The van der Waals surface area contributed by atoms with Gasteiger partial charge in [0.25, 0.3) is 5.91 Å². The third kappa shape index (κ3) is 2.74. The van der Waals surface area contributed by atoms with Gasteiger partial charge in [-0.05, 0) is 36.4 Å². The Morgan fingerprint density at radius 1 is 1.38 bits per heavy atom. The van der Waals surface area contributed by atoms with Gasteiger partial charge < -0.3 is 4.98 Å². The molecule has 0 spiro atoms. The van der Waals surface area contributed by atoms with E-state index >= 15 is 0 Å². The minimum absolute atomic E-state index is 0.0464. The first kappa shape index (κ1) is 14.3. The van der Waals surface area contributed by atoms with E-state index < -0.39 is 5.82 Å². The number of amides is 1. The Bertz CT molecular complexity index is 758. The monoisotopic (exact) mass is 338 g/mol. The highest BCUT2D eigenvalue weighted by molar-refractivity contribution is 8.27. The maximum atomic E-state index is 13.2. The number of hydrogen-bond acceptors (Lipinski definition) is 3. The number of thiocarbonyl (C=S) groups is 1. The van der Waals surface area contributed by atoms with E-state index in [2.05, 4.69) is 4.98 Å². The highest BCUT2D eigenvalue weighted by Crippen LogP contribution is 2.36. The van der Waals surface area contributed by atoms with E-state index in [1.807, 2.05) is 12.1 Å². The van der Waals surface area contributed by atoms with Crippen molar-refractivity contribution in [2.45, 2.75) is 0 Å². The van der Waals surface area contributed by atoms with Crippen LogP contribution in [0.5, 0.6) is 0 Å². The van der Waals surface area contributed by atoms with Crippen LogP contribution in [0.25, 0.3) is 6.08 Å². The van der Waals surface area contributed by atoms with Gasteiger partial charge >= 0.3 is 0 Å². The average molecular weight is 339 g/mol. The Balaban J connectivity index is 1.95. The maximum absolute atomic E-state index is 13.2. The third-order valence-electron chi connectivity index (χ3n) is 2.86. The Morgan fingerprint density at radius 3 is 2.86 bits per heavy atom. The number of benzene rings is 1. The van der Waals surface area contributed by atoms with Gasteiger partial charge in [0.1, 0.15) is 5.82 Å². The Kier molecular flexibility index (Phi) is 3.84. The zero-order valence-corrected chi connectivity index (χ0v) is 12.9. The van der Waals surface area contributed by atoms with Crippen LogP contribution in [0, 0.1) is 5.82 Å². The molecule has 0 saturated carbocycles. The van der Waals surface area contributed by atoms with Gasteiger partial charge in [-0.1, -0.05) is 35.6 Å². The first-order valence-corrected chi connectivity index (χ1v) is 7.53. The maximum Gasteiger partial charge on any atom is 0.270 e. The number of carbonyl (C=O) groups is 1. The highest BCUT2D eigenvalue weighted by Gasteiger charge is 2.33. The van der Waals surface area contributed by atoms with Crippen molar-refractivity contribution in [1.82, 2.24) is 4.98 Å². The summed E-state index contributed by atoms with van der Waals surface area (Å²) in [4.78, 5) is 17.3. The molecule has 0 radical (unpaired) electrons. The Labute approximate surface area is 134 Å². The minimum Gasteiger partial charge on any atom is -0.362 e. The fraction of sp³-hybridized carbons (Fsp3) is 0. The lowest BCUT2D eigenvalue weighted by atomic mass is 10.2. The van der Waals surface area contributed by atoms with Crippen LogP contribution in [0.3, 0.4) is 0 Å². The molecule has 3 nitrogen and oxygen atoms in total. The highest BCUT2D eigenvalue weighted by atomic mass is 35.5. The molecular weight excluding hydrogens is 331 g/mol. The standard InChI is InChI=1S/C14H8ClFN2OS2/c15-10-7-9(3-4-11(10)16)18-13(19)12(21-14(18)20)6-8-2-1-5-17-8/h1-7,17H/b12-6-. The minimum atomic E-state index is -0.534. The number of nitrogens with zero attached hydrogens (tertiary/aromatic N) is 1. The second kappa shape index (κ2) is 5.63. The van der Waals surface area contributed by atoms with Crippen molar-refractivity contribution in [3.8, 4) is 0 Å². The largest absolute Gasteiger partial charge is 0.362 e. The quantitative estimate of drug-likeness (QED) is 0.658. The van der Waals surface area contributed by atoms with Crippen molar-refractivity contribution in [2.24, 2.45) is 0 Å². The van der Waals surface area contributed by atoms with Crippen LogP contribution >= 0.6 is 35.6 Å². The van der Waals surface area contributed by atoms with E-state index in [1.165, 1.54) is 34.9 Å². The second-order valence-corrected chi connectivity index (χ2v) is 6.32. The summed E-state index contributed by atoms with van der Waals surface area (Å²) in [5.74, 6) is -0.782. The number of carbonyl (C=O) groups excluding carboxylic acids is 1. The van der Waals surface area contributed by atoms with E-state index in [0.29, 0.717) is 14.9 Å². The molecule has 106 valence electrons. The van der Waals surface area contributed by atoms with Crippen molar-refractivity contribution in [3.63, 3.8) is 0 Å². The second-order valence-electron chi connectivity index (χ2n) is 4.24. The zero-order valence-electron chi connectivity index (χ0n) is 10.5. The molecule has 0 atom stereocenters. The van der Waals surface area contributed by atoms with Crippen molar-refractivity contribution in [1.29, 1.82) is 0 Å². The van der Waals surface area contributed by atoms with E-state index in [0.717, 1.165) is 5.69 Å². The number of aromatic amines is 1. The predicted molar refractivity (Wildman–Crippen MR) is 87.9 cm³/mol. The Hall–Kier alpha value is -1.63. The van der Waals surface area contributed by atoms with Crippen LogP contribution in [0.2, 0.25) is 5.02 Å². The van der Waals surface area contributed by atoms with E-state index in [-0.39, 0.29) is 10.9 Å². The van der Waals surface area contributed by atoms with Crippen LogP contribution in [-0.2, 0) is 4.79 Å². The van der Waals surface area contributed by atoms with Gasteiger partial charge in [-0.3, -0.25) is 9.69 Å². The molecule has 7 heteroatoms. The molecule has 2 aromatic rings. The number of anilines is 1. The van der Waals surface area contributed by atoms with Crippen molar-refractivity contribution >= 4 is 57.6 Å². The summed E-state index contributed by atoms with van der Waals surface area (Å²) in [6, 6.07) is 7.77. The van der Waals surface area contributed by atoms with Crippen molar-refractivity contribution < 1.29 is 9.18 Å². The number of thioether (sulfide) groups is 1. The molecule has 1 saturated heterocycles. The van der Waals surface area contributed by atoms with Crippen LogP contribution < -0.4 is 4.90 Å². The first-order valence-electron chi connectivity index (χ1n) is 5.92. The van der Waals surface area contributed by atoms with Gasteiger partial charge in [0.05, 0.1) is 15.6 Å².